The summed E-state index contributed by atoms with van der Waals surface area (Å²) in [6.07, 6.45) is 3.16. The molecule has 0 saturated carbocycles. The molecule has 104 valence electrons. The number of amides is 1. The van der Waals surface area contributed by atoms with Crippen molar-refractivity contribution in [3.8, 4) is 0 Å². The molecule has 0 radical (unpaired) electrons. The number of nitrogens with one attached hydrogen (secondary N) is 1. The van der Waals surface area contributed by atoms with Gasteiger partial charge in [0.2, 0.25) is 5.91 Å². The SMILES string of the molecule is C=CCCOC(C)C(=O)NCC(CCC)C(=O)O. The Labute approximate surface area is 108 Å². The molecular formula is C13H23NO4. The number of hydrogen-bond acceptors (Lipinski definition) is 3. The lowest BCUT2D eigenvalue weighted by Gasteiger charge is -2.16. The molecule has 0 spiro atoms. The van der Waals surface area contributed by atoms with Crippen LogP contribution in [0.3, 0.4) is 0 Å². The van der Waals surface area contributed by atoms with Crippen molar-refractivity contribution in [1.29, 1.82) is 0 Å². The van der Waals surface area contributed by atoms with Crippen molar-refractivity contribution in [2.24, 2.45) is 5.92 Å². The maximum absolute atomic E-state index is 11.6. The zero-order valence-electron chi connectivity index (χ0n) is 11.1. The van der Waals surface area contributed by atoms with Crippen LogP contribution >= 0.6 is 0 Å². The van der Waals surface area contributed by atoms with Crippen molar-refractivity contribution >= 4 is 11.9 Å². The standard InChI is InChI=1S/C13H23NO4/c1-4-6-8-18-10(3)12(15)14-9-11(7-5-2)13(16)17/h4,10-11H,1,5-9H2,2-3H3,(H,14,15)(H,16,17). The number of carbonyl (C=O) groups excluding carboxylic acids is 1. The number of aliphatic carboxylic acids is 1. The van der Waals surface area contributed by atoms with Gasteiger partial charge in [-0.15, -0.1) is 6.58 Å². The second-order valence-electron chi connectivity index (χ2n) is 4.16. The molecule has 0 bridgehead atoms. The number of carboxylic acid groups (broad SMARTS) is 1. The molecule has 0 aliphatic carbocycles. The van der Waals surface area contributed by atoms with Crippen LogP contribution < -0.4 is 5.32 Å². The minimum absolute atomic E-state index is 0.150. The molecule has 18 heavy (non-hydrogen) atoms. The van der Waals surface area contributed by atoms with E-state index >= 15 is 0 Å². The third-order valence-corrected chi connectivity index (χ3v) is 2.57. The number of carboxylic acids is 1. The lowest BCUT2D eigenvalue weighted by molar-refractivity contribution is -0.142. The van der Waals surface area contributed by atoms with Crippen LogP contribution in [0.25, 0.3) is 0 Å². The van der Waals surface area contributed by atoms with Gasteiger partial charge < -0.3 is 15.2 Å². The molecule has 0 heterocycles. The predicted molar refractivity (Wildman–Crippen MR) is 69.3 cm³/mol. The second kappa shape index (κ2) is 9.65. The Kier molecular flexibility index (Phi) is 8.92. The van der Waals surface area contributed by atoms with E-state index in [1.807, 2.05) is 6.92 Å². The van der Waals surface area contributed by atoms with E-state index < -0.39 is 18.0 Å². The van der Waals surface area contributed by atoms with Gasteiger partial charge in [-0.05, 0) is 19.8 Å². The summed E-state index contributed by atoms with van der Waals surface area (Å²) in [4.78, 5) is 22.5. The second-order valence-corrected chi connectivity index (χ2v) is 4.16. The molecule has 0 aromatic rings. The molecule has 2 atom stereocenters. The molecule has 0 aliphatic rings. The van der Waals surface area contributed by atoms with Gasteiger partial charge in [0.1, 0.15) is 6.10 Å². The summed E-state index contributed by atoms with van der Waals surface area (Å²) in [7, 11) is 0. The normalized spacial score (nSPS) is 13.7. The van der Waals surface area contributed by atoms with Crippen molar-refractivity contribution in [2.45, 2.75) is 39.2 Å². The largest absolute Gasteiger partial charge is 0.481 e. The van der Waals surface area contributed by atoms with Crippen LogP contribution in [-0.2, 0) is 14.3 Å². The fourth-order valence-electron chi connectivity index (χ4n) is 1.43. The third kappa shape index (κ3) is 7.06. The van der Waals surface area contributed by atoms with Crippen molar-refractivity contribution in [2.75, 3.05) is 13.2 Å². The lowest BCUT2D eigenvalue weighted by atomic mass is 10.0. The zero-order valence-corrected chi connectivity index (χ0v) is 11.1. The van der Waals surface area contributed by atoms with Crippen molar-refractivity contribution in [3.63, 3.8) is 0 Å². The fourth-order valence-corrected chi connectivity index (χ4v) is 1.43. The minimum atomic E-state index is -0.877. The van der Waals surface area contributed by atoms with Gasteiger partial charge in [-0.3, -0.25) is 9.59 Å². The van der Waals surface area contributed by atoms with E-state index in [1.165, 1.54) is 0 Å². The summed E-state index contributed by atoms with van der Waals surface area (Å²) < 4.78 is 5.27. The van der Waals surface area contributed by atoms with Crippen molar-refractivity contribution in [3.05, 3.63) is 12.7 Å². The van der Waals surface area contributed by atoms with Crippen LogP contribution in [0.15, 0.2) is 12.7 Å². The molecule has 5 heteroatoms. The van der Waals surface area contributed by atoms with E-state index in [1.54, 1.807) is 13.0 Å². The topological polar surface area (TPSA) is 75.6 Å². The third-order valence-electron chi connectivity index (χ3n) is 2.57. The molecule has 0 aromatic heterocycles. The molecule has 0 aromatic carbocycles. The molecule has 0 rings (SSSR count). The number of rotatable bonds is 10. The Morgan fingerprint density at radius 1 is 1.50 bits per heavy atom. The maximum atomic E-state index is 11.6. The average Bonchev–Trinajstić information content (AvgIpc) is 2.33. The molecule has 2 unspecified atom stereocenters. The highest BCUT2D eigenvalue weighted by Gasteiger charge is 2.19. The predicted octanol–water partition coefficient (Wildman–Crippen LogP) is 1.58. The summed E-state index contributed by atoms with van der Waals surface area (Å²) in [6.45, 7) is 7.71. The summed E-state index contributed by atoms with van der Waals surface area (Å²) in [5.74, 6) is -1.68. The highest BCUT2D eigenvalue weighted by atomic mass is 16.5. The molecule has 0 aliphatic heterocycles. The quantitative estimate of drug-likeness (QED) is 0.460. The van der Waals surface area contributed by atoms with E-state index in [2.05, 4.69) is 11.9 Å². The fraction of sp³-hybridized carbons (Fsp3) is 0.692. The highest BCUT2D eigenvalue weighted by molar-refractivity contribution is 5.81. The average molecular weight is 257 g/mol. The van der Waals surface area contributed by atoms with E-state index in [0.717, 1.165) is 6.42 Å². The summed E-state index contributed by atoms with van der Waals surface area (Å²) in [5.41, 5.74) is 0. The number of carbonyl (C=O) groups is 2. The van der Waals surface area contributed by atoms with Crippen LogP contribution in [0.5, 0.6) is 0 Å². The maximum Gasteiger partial charge on any atom is 0.308 e. The van der Waals surface area contributed by atoms with E-state index in [4.69, 9.17) is 9.84 Å². The molecular weight excluding hydrogens is 234 g/mol. The Balaban J connectivity index is 3.98. The Morgan fingerprint density at radius 3 is 2.67 bits per heavy atom. The van der Waals surface area contributed by atoms with Gasteiger partial charge >= 0.3 is 5.97 Å². The highest BCUT2D eigenvalue weighted by Crippen LogP contribution is 2.05. The van der Waals surface area contributed by atoms with Crippen LogP contribution in [-0.4, -0.2) is 36.2 Å². The van der Waals surface area contributed by atoms with Gasteiger partial charge in [0.05, 0.1) is 12.5 Å². The monoisotopic (exact) mass is 257 g/mol. The van der Waals surface area contributed by atoms with Crippen LogP contribution in [0.1, 0.15) is 33.1 Å². The summed E-state index contributed by atoms with van der Waals surface area (Å²) >= 11 is 0. The molecule has 2 N–H and O–H groups in total. The van der Waals surface area contributed by atoms with E-state index in [0.29, 0.717) is 19.4 Å². The molecule has 5 nitrogen and oxygen atoms in total. The minimum Gasteiger partial charge on any atom is -0.481 e. The van der Waals surface area contributed by atoms with Gasteiger partial charge in [-0.1, -0.05) is 19.4 Å². The van der Waals surface area contributed by atoms with Gasteiger partial charge in [0.25, 0.3) is 0 Å². The Hall–Kier alpha value is -1.36. The van der Waals surface area contributed by atoms with Crippen molar-refractivity contribution in [1.82, 2.24) is 5.32 Å². The first kappa shape index (κ1) is 16.6. The van der Waals surface area contributed by atoms with Gasteiger partial charge in [0.15, 0.2) is 0 Å². The number of ether oxygens (including phenoxy) is 1. The summed E-state index contributed by atoms with van der Waals surface area (Å²) in [6, 6.07) is 0. The molecule has 1 amide bonds. The lowest BCUT2D eigenvalue weighted by Crippen LogP contribution is -2.39. The van der Waals surface area contributed by atoms with Gasteiger partial charge in [-0.25, -0.2) is 0 Å². The zero-order chi connectivity index (χ0) is 14.0. The first-order chi connectivity index (χ1) is 8.52. The van der Waals surface area contributed by atoms with E-state index in [-0.39, 0.29) is 12.5 Å². The van der Waals surface area contributed by atoms with Crippen LogP contribution in [0, 0.1) is 5.92 Å². The smallest absolute Gasteiger partial charge is 0.308 e. The molecule has 0 fully saturated rings. The van der Waals surface area contributed by atoms with E-state index in [9.17, 15) is 9.59 Å². The van der Waals surface area contributed by atoms with Gasteiger partial charge in [0, 0.05) is 6.54 Å². The Bertz CT molecular complexity index is 278. The first-order valence-electron chi connectivity index (χ1n) is 6.25. The van der Waals surface area contributed by atoms with Gasteiger partial charge in [-0.2, -0.15) is 0 Å². The molecule has 0 saturated heterocycles. The number of hydrogen-bond donors (Lipinski definition) is 2. The van der Waals surface area contributed by atoms with Crippen LogP contribution in [0.2, 0.25) is 0 Å². The Morgan fingerprint density at radius 2 is 2.17 bits per heavy atom. The van der Waals surface area contributed by atoms with Crippen molar-refractivity contribution < 1.29 is 19.4 Å². The first-order valence-corrected chi connectivity index (χ1v) is 6.25. The summed E-state index contributed by atoms with van der Waals surface area (Å²) in [5, 5.41) is 11.5. The van der Waals surface area contributed by atoms with Crippen LogP contribution in [0.4, 0.5) is 0 Å².